The molecule has 2 rings (SSSR count). The Morgan fingerprint density at radius 1 is 1.11 bits per heavy atom. The van der Waals surface area contributed by atoms with E-state index < -0.39 is 0 Å². The van der Waals surface area contributed by atoms with Crippen molar-refractivity contribution in [1.82, 2.24) is 0 Å². The number of nitrogens with two attached hydrogens (primary N) is 1. The summed E-state index contributed by atoms with van der Waals surface area (Å²) in [5.41, 5.74) is 6.07. The van der Waals surface area contributed by atoms with Gasteiger partial charge in [-0.1, -0.05) is 13.3 Å². The second-order valence-corrected chi connectivity index (χ2v) is 4.92. The quantitative estimate of drug-likeness (QED) is 0.872. The van der Waals surface area contributed by atoms with Crippen molar-refractivity contribution in [2.24, 2.45) is 5.73 Å². The molecule has 0 unspecified atom stereocenters. The highest BCUT2D eigenvalue weighted by atomic mass is 16.5. The lowest BCUT2D eigenvalue weighted by atomic mass is 9.93. The Bertz CT molecular complexity index is 350. The zero-order chi connectivity index (χ0) is 12.8. The SMILES string of the molecule is CCCOc1ccc(O[C@@H]2CCCC[C@@H]2N)cc1. The summed E-state index contributed by atoms with van der Waals surface area (Å²) in [5, 5.41) is 0. The van der Waals surface area contributed by atoms with E-state index in [0.717, 1.165) is 37.4 Å². The van der Waals surface area contributed by atoms with Crippen molar-refractivity contribution >= 4 is 0 Å². The largest absolute Gasteiger partial charge is 0.494 e. The van der Waals surface area contributed by atoms with Crippen LogP contribution in [0.25, 0.3) is 0 Å². The highest BCUT2D eigenvalue weighted by molar-refractivity contribution is 5.31. The molecule has 0 heterocycles. The van der Waals surface area contributed by atoms with Gasteiger partial charge in [-0.25, -0.2) is 0 Å². The van der Waals surface area contributed by atoms with Crippen molar-refractivity contribution in [3.8, 4) is 11.5 Å². The molecule has 3 nitrogen and oxygen atoms in total. The molecule has 1 fully saturated rings. The van der Waals surface area contributed by atoms with Crippen LogP contribution in [0.3, 0.4) is 0 Å². The third-order valence-corrected chi connectivity index (χ3v) is 3.34. The molecule has 1 aromatic carbocycles. The summed E-state index contributed by atoms with van der Waals surface area (Å²) in [6.45, 7) is 2.86. The van der Waals surface area contributed by atoms with E-state index in [0.29, 0.717) is 0 Å². The van der Waals surface area contributed by atoms with Crippen molar-refractivity contribution in [3.05, 3.63) is 24.3 Å². The highest BCUT2D eigenvalue weighted by Crippen LogP contribution is 2.24. The number of ether oxygens (including phenoxy) is 2. The molecule has 1 saturated carbocycles. The van der Waals surface area contributed by atoms with Gasteiger partial charge in [0.2, 0.25) is 0 Å². The molecule has 0 aliphatic heterocycles. The van der Waals surface area contributed by atoms with Crippen molar-refractivity contribution in [2.45, 2.75) is 51.2 Å². The standard InChI is InChI=1S/C15H23NO2/c1-2-11-17-12-7-9-13(10-8-12)18-15-6-4-3-5-14(15)16/h7-10,14-15H,2-6,11,16H2,1H3/t14-,15+/m0/s1. The first-order valence-corrected chi connectivity index (χ1v) is 6.94. The minimum Gasteiger partial charge on any atom is -0.494 e. The monoisotopic (exact) mass is 249 g/mol. The molecule has 100 valence electrons. The van der Waals surface area contributed by atoms with Gasteiger partial charge in [-0.15, -0.1) is 0 Å². The molecule has 0 amide bonds. The minimum atomic E-state index is 0.168. The molecule has 3 heteroatoms. The second kappa shape index (κ2) is 6.64. The second-order valence-electron chi connectivity index (χ2n) is 4.92. The lowest BCUT2D eigenvalue weighted by molar-refractivity contribution is 0.132. The van der Waals surface area contributed by atoms with Gasteiger partial charge in [0.15, 0.2) is 0 Å². The van der Waals surface area contributed by atoms with E-state index >= 15 is 0 Å². The van der Waals surface area contributed by atoms with Gasteiger partial charge < -0.3 is 15.2 Å². The van der Waals surface area contributed by atoms with Gasteiger partial charge in [-0.05, 0) is 49.9 Å². The average Bonchev–Trinajstić information content (AvgIpc) is 2.41. The summed E-state index contributed by atoms with van der Waals surface area (Å²) in [6, 6.07) is 8.02. The number of hydrogen-bond donors (Lipinski definition) is 1. The van der Waals surface area contributed by atoms with Gasteiger partial charge >= 0.3 is 0 Å². The van der Waals surface area contributed by atoms with E-state index in [1.165, 1.54) is 12.8 Å². The molecular formula is C15H23NO2. The summed E-state index contributed by atoms with van der Waals surface area (Å²) in [7, 11) is 0. The van der Waals surface area contributed by atoms with E-state index in [1.54, 1.807) is 0 Å². The molecule has 0 aromatic heterocycles. The van der Waals surface area contributed by atoms with Crippen LogP contribution in [0.1, 0.15) is 39.0 Å². The Labute approximate surface area is 109 Å². The van der Waals surface area contributed by atoms with E-state index in [4.69, 9.17) is 15.2 Å². The maximum absolute atomic E-state index is 6.07. The summed E-state index contributed by atoms with van der Waals surface area (Å²) in [6.07, 6.45) is 5.77. The van der Waals surface area contributed by atoms with E-state index in [1.807, 2.05) is 24.3 Å². The van der Waals surface area contributed by atoms with Crippen LogP contribution >= 0.6 is 0 Å². The molecule has 1 aliphatic rings. The summed E-state index contributed by atoms with van der Waals surface area (Å²) < 4.78 is 11.5. The van der Waals surface area contributed by atoms with Crippen molar-refractivity contribution < 1.29 is 9.47 Å². The van der Waals surface area contributed by atoms with Crippen molar-refractivity contribution in [1.29, 1.82) is 0 Å². The molecule has 0 spiro atoms. The van der Waals surface area contributed by atoms with Crippen LogP contribution in [0.15, 0.2) is 24.3 Å². The predicted octanol–water partition coefficient (Wildman–Crippen LogP) is 3.12. The van der Waals surface area contributed by atoms with E-state index in [2.05, 4.69) is 6.92 Å². The molecule has 2 atom stereocenters. The number of hydrogen-bond acceptors (Lipinski definition) is 3. The molecule has 1 aromatic rings. The third kappa shape index (κ3) is 3.64. The molecule has 0 saturated heterocycles. The fourth-order valence-electron chi connectivity index (χ4n) is 2.28. The predicted molar refractivity (Wildman–Crippen MR) is 73.1 cm³/mol. The van der Waals surface area contributed by atoms with Gasteiger partial charge in [0.1, 0.15) is 17.6 Å². The smallest absolute Gasteiger partial charge is 0.120 e. The van der Waals surface area contributed by atoms with Crippen LogP contribution in [0.4, 0.5) is 0 Å². The summed E-state index contributed by atoms with van der Waals surface area (Å²) in [5.74, 6) is 1.79. The molecular weight excluding hydrogens is 226 g/mol. The summed E-state index contributed by atoms with van der Waals surface area (Å²) >= 11 is 0. The van der Waals surface area contributed by atoms with Crippen LogP contribution in [0.2, 0.25) is 0 Å². The van der Waals surface area contributed by atoms with Crippen LogP contribution in [-0.2, 0) is 0 Å². The molecule has 2 N–H and O–H groups in total. The topological polar surface area (TPSA) is 44.5 Å². The first kappa shape index (κ1) is 13.2. The summed E-state index contributed by atoms with van der Waals surface area (Å²) in [4.78, 5) is 0. The minimum absolute atomic E-state index is 0.168. The first-order valence-electron chi connectivity index (χ1n) is 6.94. The Hall–Kier alpha value is -1.22. The maximum atomic E-state index is 6.07. The lowest BCUT2D eigenvalue weighted by Crippen LogP contribution is -2.41. The number of benzene rings is 1. The fraction of sp³-hybridized carbons (Fsp3) is 0.600. The Morgan fingerprint density at radius 3 is 2.44 bits per heavy atom. The Morgan fingerprint density at radius 2 is 1.78 bits per heavy atom. The van der Waals surface area contributed by atoms with Crippen molar-refractivity contribution in [2.75, 3.05) is 6.61 Å². The zero-order valence-electron chi connectivity index (χ0n) is 11.1. The van der Waals surface area contributed by atoms with Gasteiger partial charge in [0.25, 0.3) is 0 Å². The van der Waals surface area contributed by atoms with Gasteiger partial charge in [-0.2, -0.15) is 0 Å². The van der Waals surface area contributed by atoms with Crippen LogP contribution in [-0.4, -0.2) is 18.8 Å². The first-order chi connectivity index (χ1) is 8.79. The maximum Gasteiger partial charge on any atom is 0.120 e. The average molecular weight is 249 g/mol. The molecule has 1 aliphatic carbocycles. The number of rotatable bonds is 5. The third-order valence-electron chi connectivity index (χ3n) is 3.34. The molecule has 0 radical (unpaired) electrons. The van der Waals surface area contributed by atoms with Crippen LogP contribution in [0.5, 0.6) is 11.5 Å². The van der Waals surface area contributed by atoms with E-state index in [-0.39, 0.29) is 12.1 Å². The van der Waals surface area contributed by atoms with Crippen LogP contribution < -0.4 is 15.2 Å². The zero-order valence-corrected chi connectivity index (χ0v) is 11.1. The normalized spacial score (nSPS) is 23.7. The highest BCUT2D eigenvalue weighted by Gasteiger charge is 2.23. The molecule has 18 heavy (non-hydrogen) atoms. The Kier molecular flexibility index (Phi) is 4.88. The Balaban J connectivity index is 1.89. The van der Waals surface area contributed by atoms with E-state index in [9.17, 15) is 0 Å². The van der Waals surface area contributed by atoms with Crippen LogP contribution in [0, 0.1) is 0 Å². The van der Waals surface area contributed by atoms with Gasteiger partial charge in [0, 0.05) is 6.04 Å². The van der Waals surface area contributed by atoms with Crippen molar-refractivity contribution in [3.63, 3.8) is 0 Å². The van der Waals surface area contributed by atoms with Gasteiger partial charge in [-0.3, -0.25) is 0 Å². The lowest BCUT2D eigenvalue weighted by Gasteiger charge is -2.29. The fourth-order valence-corrected chi connectivity index (χ4v) is 2.28. The van der Waals surface area contributed by atoms with Gasteiger partial charge in [0.05, 0.1) is 6.61 Å². The molecule has 0 bridgehead atoms.